The molecule has 3 aliphatic rings. The summed E-state index contributed by atoms with van der Waals surface area (Å²) in [7, 11) is 0. The third kappa shape index (κ3) is 3.66. The Hall–Kier alpha value is -0.890. The van der Waals surface area contributed by atoms with Crippen molar-refractivity contribution in [2.45, 2.75) is 75.8 Å². The van der Waals surface area contributed by atoms with Crippen LogP contribution in [0.3, 0.4) is 0 Å². The fraction of sp³-hybridized carbons (Fsp3) is 0.714. The van der Waals surface area contributed by atoms with Crippen LogP contribution in [-0.4, -0.2) is 40.7 Å². The Bertz CT molecular complexity index is 910. The molecule has 0 saturated carbocycles. The Kier molecular flexibility index (Phi) is 5.52. The Morgan fingerprint density at radius 3 is 2.71 bits per heavy atom. The van der Waals surface area contributed by atoms with Gasteiger partial charge in [-0.15, -0.1) is 11.3 Å². The number of aryl methyl sites for hydroxylation is 1. The second-order valence-electron chi connectivity index (χ2n) is 8.42. The molecular formula is C21H28N2O3S2. The summed E-state index contributed by atoms with van der Waals surface area (Å²) >= 11 is 3.42. The van der Waals surface area contributed by atoms with E-state index in [1.165, 1.54) is 16.9 Å². The quantitative estimate of drug-likeness (QED) is 0.540. The zero-order valence-corrected chi connectivity index (χ0v) is 18.1. The number of nitrogens with zero attached hydrogens (tertiary/aromatic N) is 2. The molecule has 0 spiro atoms. The van der Waals surface area contributed by atoms with Crippen molar-refractivity contribution in [3.8, 4) is 0 Å². The molecule has 7 heteroatoms. The smallest absolute Gasteiger partial charge is 0.263 e. The van der Waals surface area contributed by atoms with Gasteiger partial charge in [0.05, 0.1) is 24.1 Å². The summed E-state index contributed by atoms with van der Waals surface area (Å²) in [6.07, 6.45) is 8.03. The van der Waals surface area contributed by atoms with Crippen LogP contribution in [0, 0.1) is 5.92 Å². The Morgan fingerprint density at radius 1 is 1.18 bits per heavy atom. The summed E-state index contributed by atoms with van der Waals surface area (Å²) in [5.74, 6) is 1.56. The number of rotatable bonds is 5. The third-order valence-corrected chi connectivity index (χ3v) is 8.47. The zero-order valence-electron chi connectivity index (χ0n) is 16.4. The average Bonchev–Trinajstić information content (AvgIpc) is 3.42. The van der Waals surface area contributed by atoms with Crippen LogP contribution in [0.2, 0.25) is 0 Å². The van der Waals surface area contributed by atoms with E-state index in [0.29, 0.717) is 12.5 Å². The second-order valence-corrected chi connectivity index (χ2v) is 10.5. The topological polar surface area (TPSA) is 53.4 Å². The lowest BCUT2D eigenvalue weighted by molar-refractivity contribution is 0.0937. The molecule has 2 saturated heterocycles. The van der Waals surface area contributed by atoms with Crippen molar-refractivity contribution < 1.29 is 9.47 Å². The van der Waals surface area contributed by atoms with Gasteiger partial charge < -0.3 is 9.47 Å². The van der Waals surface area contributed by atoms with Crippen LogP contribution in [0.25, 0.3) is 10.2 Å². The minimum absolute atomic E-state index is 0.133. The standard InChI is InChI=1S/C21H28N2O3S2/c1-13-6-7-16-17(10-13)28-19-18(16)20(24)23(11-14-4-2-8-25-14)21(22-19)27-12-15-5-3-9-26-15/h13-15H,2-12H2,1H3/t13-,14+,15-/m1/s1. The van der Waals surface area contributed by atoms with Gasteiger partial charge in [-0.1, -0.05) is 18.7 Å². The Morgan fingerprint density at radius 2 is 1.96 bits per heavy atom. The number of aromatic nitrogens is 2. The van der Waals surface area contributed by atoms with Gasteiger partial charge in [-0.25, -0.2) is 4.98 Å². The number of hydrogen-bond donors (Lipinski definition) is 0. The van der Waals surface area contributed by atoms with Crippen molar-refractivity contribution in [1.29, 1.82) is 0 Å². The normalized spacial score (nSPS) is 27.5. The number of ether oxygens (including phenoxy) is 2. The first-order chi connectivity index (χ1) is 13.7. The van der Waals surface area contributed by atoms with E-state index in [1.807, 2.05) is 4.57 Å². The number of fused-ring (bicyclic) bond motifs is 3. The van der Waals surface area contributed by atoms with Gasteiger partial charge in [0.2, 0.25) is 0 Å². The first-order valence-electron chi connectivity index (χ1n) is 10.6. The molecule has 152 valence electrons. The third-order valence-electron chi connectivity index (χ3n) is 6.21. The molecule has 0 unspecified atom stereocenters. The maximum Gasteiger partial charge on any atom is 0.263 e. The number of hydrogen-bond acceptors (Lipinski definition) is 6. The molecule has 0 bridgehead atoms. The van der Waals surface area contributed by atoms with E-state index >= 15 is 0 Å². The van der Waals surface area contributed by atoms with Crippen LogP contribution < -0.4 is 5.56 Å². The summed E-state index contributed by atoms with van der Waals surface area (Å²) in [6, 6.07) is 0. The summed E-state index contributed by atoms with van der Waals surface area (Å²) in [5, 5.41) is 1.72. The second kappa shape index (κ2) is 8.09. The lowest BCUT2D eigenvalue weighted by atomic mass is 9.89. The van der Waals surface area contributed by atoms with Gasteiger partial charge in [0.15, 0.2) is 5.16 Å². The van der Waals surface area contributed by atoms with Crippen LogP contribution in [0.4, 0.5) is 0 Å². The molecule has 0 amide bonds. The highest BCUT2D eigenvalue weighted by atomic mass is 32.2. The largest absolute Gasteiger partial charge is 0.377 e. The summed E-state index contributed by atoms with van der Waals surface area (Å²) in [6.45, 7) is 4.59. The molecule has 3 atom stereocenters. The van der Waals surface area contributed by atoms with Crippen LogP contribution in [0.5, 0.6) is 0 Å². The summed E-state index contributed by atoms with van der Waals surface area (Å²) < 4.78 is 13.5. The van der Waals surface area contributed by atoms with Crippen molar-refractivity contribution >= 4 is 33.3 Å². The fourth-order valence-electron chi connectivity index (χ4n) is 4.61. The van der Waals surface area contributed by atoms with Crippen LogP contribution in [0.15, 0.2) is 9.95 Å². The molecule has 2 aromatic heterocycles. The van der Waals surface area contributed by atoms with E-state index in [2.05, 4.69) is 6.92 Å². The van der Waals surface area contributed by atoms with Crippen molar-refractivity contribution in [2.24, 2.45) is 5.92 Å². The van der Waals surface area contributed by atoms with E-state index in [1.54, 1.807) is 23.1 Å². The van der Waals surface area contributed by atoms with Gasteiger partial charge in [-0.2, -0.15) is 0 Å². The maximum absolute atomic E-state index is 13.6. The minimum Gasteiger partial charge on any atom is -0.377 e. The molecule has 2 aliphatic heterocycles. The highest BCUT2D eigenvalue weighted by Gasteiger charge is 2.27. The predicted molar refractivity (Wildman–Crippen MR) is 114 cm³/mol. The Labute approximate surface area is 173 Å². The van der Waals surface area contributed by atoms with Crippen LogP contribution >= 0.6 is 23.1 Å². The molecular weight excluding hydrogens is 392 g/mol. The molecule has 0 N–H and O–H groups in total. The molecule has 4 heterocycles. The molecule has 2 fully saturated rings. The van der Waals surface area contributed by atoms with Gasteiger partial charge >= 0.3 is 0 Å². The van der Waals surface area contributed by atoms with Crippen molar-refractivity contribution in [2.75, 3.05) is 19.0 Å². The van der Waals surface area contributed by atoms with E-state index < -0.39 is 0 Å². The molecule has 5 nitrogen and oxygen atoms in total. The molecule has 0 radical (unpaired) electrons. The first kappa shape index (κ1) is 19.1. The fourth-order valence-corrected chi connectivity index (χ4v) is 7.11. The van der Waals surface area contributed by atoms with Crippen LogP contribution in [0.1, 0.15) is 49.5 Å². The van der Waals surface area contributed by atoms with Crippen molar-refractivity contribution in [3.63, 3.8) is 0 Å². The number of thiophene rings is 1. The molecule has 2 aromatic rings. The van der Waals surface area contributed by atoms with Gasteiger partial charge in [0.25, 0.3) is 5.56 Å². The number of thioether (sulfide) groups is 1. The summed E-state index contributed by atoms with van der Waals surface area (Å²) in [5.41, 5.74) is 1.41. The van der Waals surface area contributed by atoms with Crippen LogP contribution in [-0.2, 0) is 28.9 Å². The van der Waals surface area contributed by atoms with E-state index in [-0.39, 0.29) is 17.8 Å². The Balaban J connectivity index is 1.53. The highest BCUT2D eigenvalue weighted by molar-refractivity contribution is 7.99. The SMILES string of the molecule is C[C@@H]1CCc2c(sc3nc(SC[C@H]4CCCO4)n(C[C@@H]4CCCO4)c(=O)c23)C1. The van der Waals surface area contributed by atoms with Gasteiger partial charge in [0.1, 0.15) is 4.83 Å². The maximum atomic E-state index is 13.6. The molecule has 28 heavy (non-hydrogen) atoms. The first-order valence-corrected chi connectivity index (χ1v) is 12.4. The van der Waals surface area contributed by atoms with E-state index in [0.717, 1.165) is 72.9 Å². The van der Waals surface area contributed by atoms with Crippen molar-refractivity contribution in [3.05, 3.63) is 20.8 Å². The molecule has 1 aliphatic carbocycles. The van der Waals surface area contributed by atoms with Crippen molar-refractivity contribution in [1.82, 2.24) is 9.55 Å². The predicted octanol–water partition coefficient (Wildman–Crippen LogP) is 4.03. The minimum atomic E-state index is 0.133. The lowest BCUT2D eigenvalue weighted by Crippen LogP contribution is -2.29. The van der Waals surface area contributed by atoms with Gasteiger partial charge in [-0.05, 0) is 56.4 Å². The van der Waals surface area contributed by atoms with Gasteiger partial charge in [0, 0.05) is 23.8 Å². The van der Waals surface area contributed by atoms with Gasteiger partial charge in [-0.3, -0.25) is 9.36 Å². The average molecular weight is 421 g/mol. The molecule has 0 aromatic carbocycles. The zero-order chi connectivity index (χ0) is 19.1. The monoisotopic (exact) mass is 420 g/mol. The molecule has 5 rings (SSSR count). The summed E-state index contributed by atoms with van der Waals surface area (Å²) in [4.78, 5) is 20.9. The van der Waals surface area contributed by atoms with E-state index in [4.69, 9.17) is 14.5 Å². The highest BCUT2D eigenvalue weighted by Crippen LogP contribution is 2.37. The lowest BCUT2D eigenvalue weighted by Gasteiger charge is -2.18. The van der Waals surface area contributed by atoms with E-state index in [9.17, 15) is 4.79 Å².